The van der Waals surface area contributed by atoms with Crippen molar-refractivity contribution in [2.24, 2.45) is 0 Å². The van der Waals surface area contributed by atoms with Crippen molar-refractivity contribution < 1.29 is 18.0 Å². The summed E-state index contributed by atoms with van der Waals surface area (Å²) < 4.78 is 39.8. The van der Waals surface area contributed by atoms with Crippen molar-refractivity contribution in [2.75, 3.05) is 0 Å². The lowest BCUT2D eigenvalue weighted by Crippen LogP contribution is -2.09. The van der Waals surface area contributed by atoms with Gasteiger partial charge in [0.25, 0.3) is 0 Å². The van der Waals surface area contributed by atoms with Gasteiger partial charge in [-0.15, -0.1) is 0 Å². The lowest BCUT2D eigenvalue weighted by Gasteiger charge is -2.03. The highest BCUT2D eigenvalue weighted by molar-refractivity contribution is 9.10. The molecule has 2 aromatic rings. The summed E-state index contributed by atoms with van der Waals surface area (Å²) in [5.41, 5.74) is -1.64. The molecule has 1 heterocycles. The molecule has 0 bridgehead atoms. The van der Waals surface area contributed by atoms with E-state index in [1.807, 2.05) is 0 Å². The number of hydrogen-bond acceptors (Lipinski definition) is 2. The van der Waals surface area contributed by atoms with Crippen LogP contribution in [0.5, 0.6) is 0 Å². The topological polar surface area (TPSA) is 34.9 Å². The zero-order valence-corrected chi connectivity index (χ0v) is 11.4. The molecule has 0 radical (unpaired) electrons. The monoisotopic (exact) mass is 352 g/mol. The van der Waals surface area contributed by atoms with Gasteiger partial charge in [0, 0.05) is 4.47 Å². The fraction of sp³-hybridized carbons (Fsp3) is 0.0909. The van der Waals surface area contributed by atoms with Crippen molar-refractivity contribution in [3.8, 4) is 5.69 Å². The van der Waals surface area contributed by atoms with Gasteiger partial charge in [-0.3, -0.25) is 4.79 Å². The molecule has 0 amide bonds. The highest BCUT2D eigenvalue weighted by Crippen LogP contribution is 2.34. The Morgan fingerprint density at radius 2 is 1.84 bits per heavy atom. The van der Waals surface area contributed by atoms with Crippen LogP contribution < -0.4 is 0 Å². The Bertz CT molecular complexity index is 622. The Balaban J connectivity index is 2.63. The Labute approximate surface area is 119 Å². The quantitative estimate of drug-likeness (QED) is 0.761. The molecular formula is C11H5BrClF3N2O. The highest BCUT2D eigenvalue weighted by atomic mass is 79.9. The average Bonchev–Trinajstić information content (AvgIpc) is 2.67. The van der Waals surface area contributed by atoms with Crippen molar-refractivity contribution >= 4 is 33.8 Å². The lowest BCUT2D eigenvalue weighted by atomic mass is 10.2. The number of nitrogens with zero attached hydrogens (tertiary/aromatic N) is 2. The van der Waals surface area contributed by atoms with E-state index < -0.39 is 17.4 Å². The predicted molar refractivity (Wildman–Crippen MR) is 66.7 cm³/mol. The van der Waals surface area contributed by atoms with Gasteiger partial charge in [-0.2, -0.15) is 18.3 Å². The summed E-state index contributed by atoms with van der Waals surface area (Å²) in [6, 6.07) is 6.30. The summed E-state index contributed by atoms with van der Waals surface area (Å²) in [7, 11) is 0. The van der Waals surface area contributed by atoms with Crippen molar-refractivity contribution in [3.05, 3.63) is 45.1 Å². The first kappa shape index (κ1) is 14.1. The smallest absolute Gasteiger partial charge is 0.298 e. The fourth-order valence-corrected chi connectivity index (χ4v) is 2.01. The second-order valence-electron chi connectivity index (χ2n) is 3.56. The molecule has 2 rings (SSSR count). The third kappa shape index (κ3) is 2.66. The first-order chi connectivity index (χ1) is 8.84. The molecule has 0 aliphatic heterocycles. The minimum absolute atomic E-state index is 0.0491. The maximum atomic E-state index is 12.7. The molecular weight excluding hydrogens is 348 g/mol. The molecule has 1 aromatic carbocycles. The number of benzene rings is 1. The molecule has 100 valence electrons. The van der Waals surface area contributed by atoms with E-state index in [-0.39, 0.29) is 11.4 Å². The van der Waals surface area contributed by atoms with Gasteiger partial charge < -0.3 is 0 Å². The Morgan fingerprint density at radius 1 is 1.26 bits per heavy atom. The van der Waals surface area contributed by atoms with E-state index in [1.165, 1.54) is 12.1 Å². The standard InChI is InChI=1S/C11H5BrClF3N2O/c12-6-1-3-7(4-2-6)18-10(13)8(5-19)9(17-18)11(14,15)16/h1-5H. The molecule has 0 unspecified atom stereocenters. The number of aromatic nitrogens is 2. The highest BCUT2D eigenvalue weighted by Gasteiger charge is 2.39. The van der Waals surface area contributed by atoms with Crippen LogP contribution in [-0.2, 0) is 6.18 Å². The Morgan fingerprint density at radius 3 is 2.26 bits per heavy atom. The van der Waals surface area contributed by atoms with Gasteiger partial charge in [-0.05, 0) is 24.3 Å². The number of halogens is 5. The first-order valence-corrected chi connectivity index (χ1v) is 6.08. The van der Waals surface area contributed by atoms with E-state index >= 15 is 0 Å². The Kier molecular flexibility index (Phi) is 3.69. The number of alkyl halides is 3. The van der Waals surface area contributed by atoms with Gasteiger partial charge in [0.05, 0.1) is 11.3 Å². The third-order valence-electron chi connectivity index (χ3n) is 2.32. The van der Waals surface area contributed by atoms with Gasteiger partial charge in [0.2, 0.25) is 0 Å². The van der Waals surface area contributed by atoms with Crippen LogP contribution in [0.15, 0.2) is 28.7 Å². The second-order valence-corrected chi connectivity index (χ2v) is 4.83. The zero-order valence-electron chi connectivity index (χ0n) is 9.08. The van der Waals surface area contributed by atoms with Crippen molar-refractivity contribution in [2.45, 2.75) is 6.18 Å². The molecule has 1 aromatic heterocycles. The molecule has 0 aliphatic rings. The lowest BCUT2D eigenvalue weighted by molar-refractivity contribution is -0.141. The molecule has 0 saturated carbocycles. The molecule has 0 spiro atoms. The van der Waals surface area contributed by atoms with Crippen LogP contribution in [0, 0.1) is 0 Å². The van der Waals surface area contributed by atoms with Gasteiger partial charge in [0.1, 0.15) is 5.15 Å². The van der Waals surface area contributed by atoms with Gasteiger partial charge in [0.15, 0.2) is 12.0 Å². The number of carbonyl (C=O) groups excluding carboxylic acids is 1. The van der Waals surface area contributed by atoms with Crippen molar-refractivity contribution in [1.29, 1.82) is 0 Å². The number of hydrogen-bond donors (Lipinski definition) is 0. The number of carbonyl (C=O) groups is 1. The molecule has 0 fully saturated rings. The van der Waals surface area contributed by atoms with Crippen LogP contribution in [0.4, 0.5) is 13.2 Å². The predicted octanol–water partition coefficient (Wildman–Crippen LogP) is 4.12. The maximum absolute atomic E-state index is 12.7. The second kappa shape index (κ2) is 4.97. The molecule has 0 aliphatic carbocycles. The van der Waals surface area contributed by atoms with E-state index in [1.54, 1.807) is 12.1 Å². The summed E-state index contributed by atoms with van der Waals surface area (Å²) >= 11 is 8.97. The maximum Gasteiger partial charge on any atom is 0.435 e. The summed E-state index contributed by atoms with van der Waals surface area (Å²) in [5, 5.41) is 2.99. The molecule has 19 heavy (non-hydrogen) atoms. The molecule has 0 atom stereocenters. The van der Waals surface area contributed by atoms with Crippen LogP contribution in [0.2, 0.25) is 5.15 Å². The van der Waals surface area contributed by atoms with Crippen LogP contribution in [0.3, 0.4) is 0 Å². The average molecular weight is 354 g/mol. The van der Waals surface area contributed by atoms with Gasteiger partial charge in [-0.25, -0.2) is 4.68 Å². The Hall–Kier alpha value is -1.34. The first-order valence-electron chi connectivity index (χ1n) is 4.91. The summed E-state index contributed by atoms with van der Waals surface area (Å²) in [6.07, 6.45) is -4.69. The van der Waals surface area contributed by atoms with E-state index in [4.69, 9.17) is 11.6 Å². The van der Waals surface area contributed by atoms with Gasteiger partial charge in [-0.1, -0.05) is 27.5 Å². The summed E-state index contributed by atoms with van der Waals surface area (Å²) in [5.74, 6) is 0. The van der Waals surface area contributed by atoms with E-state index in [2.05, 4.69) is 21.0 Å². The van der Waals surface area contributed by atoms with E-state index in [9.17, 15) is 18.0 Å². The van der Waals surface area contributed by atoms with Crippen molar-refractivity contribution in [1.82, 2.24) is 9.78 Å². The SMILES string of the molecule is O=Cc1c(C(F)(F)F)nn(-c2ccc(Br)cc2)c1Cl. The fourth-order valence-electron chi connectivity index (χ4n) is 1.48. The third-order valence-corrected chi connectivity index (χ3v) is 3.21. The minimum atomic E-state index is -4.74. The minimum Gasteiger partial charge on any atom is -0.298 e. The summed E-state index contributed by atoms with van der Waals surface area (Å²) in [6.45, 7) is 0. The van der Waals surface area contributed by atoms with Crippen LogP contribution in [0.25, 0.3) is 5.69 Å². The summed E-state index contributed by atoms with van der Waals surface area (Å²) in [4.78, 5) is 10.7. The molecule has 3 nitrogen and oxygen atoms in total. The molecule has 0 N–H and O–H groups in total. The van der Waals surface area contributed by atoms with Crippen LogP contribution in [-0.4, -0.2) is 16.1 Å². The van der Waals surface area contributed by atoms with Crippen LogP contribution >= 0.6 is 27.5 Å². The normalized spacial score (nSPS) is 11.6. The molecule has 8 heteroatoms. The zero-order chi connectivity index (χ0) is 14.2. The van der Waals surface area contributed by atoms with Crippen LogP contribution in [0.1, 0.15) is 16.1 Å². The van der Waals surface area contributed by atoms with Gasteiger partial charge >= 0.3 is 6.18 Å². The van der Waals surface area contributed by atoms with E-state index in [0.29, 0.717) is 5.69 Å². The number of rotatable bonds is 2. The van der Waals surface area contributed by atoms with E-state index in [0.717, 1.165) is 9.15 Å². The number of aldehydes is 1. The van der Waals surface area contributed by atoms with Crippen molar-refractivity contribution in [3.63, 3.8) is 0 Å². The largest absolute Gasteiger partial charge is 0.435 e. The molecule has 0 saturated heterocycles.